The van der Waals surface area contributed by atoms with Crippen LogP contribution in [-0.2, 0) is 56.6 Å². The van der Waals surface area contributed by atoms with E-state index in [1.807, 2.05) is 127 Å². The SMILES string of the molecule is Fc1cc(-c2cnn([C@H]3[C@@H](OCc4ccccc4)[C@@H](COCc4ccccc4)O[C@]4(OCC[C@H]4N(Cc4ccccc4)Cc4ccccc4)[C@@H]3OCc3ccccc3)c2)cc(F)c1F. The molecule has 0 saturated carbocycles. The van der Waals surface area contributed by atoms with E-state index in [0.717, 1.165) is 39.9 Å². The molecule has 2 aliphatic rings. The Morgan fingerprint density at radius 3 is 1.67 bits per heavy atom. The zero-order chi connectivity index (χ0) is 43.7. The monoisotopic (exact) mass is 865 g/mol. The van der Waals surface area contributed by atoms with E-state index in [0.29, 0.717) is 38.3 Å². The van der Waals surface area contributed by atoms with Crippen LogP contribution in [0.15, 0.2) is 176 Å². The zero-order valence-electron chi connectivity index (χ0n) is 35.3. The van der Waals surface area contributed by atoms with Crippen molar-refractivity contribution in [2.24, 2.45) is 0 Å². The quantitative estimate of drug-likeness (QED) is 0.0845. The second-order valence-corrected chi connectivity index (χ2v) is 16.3. The van der Waals surface area contributed by atoms with E-state index < -0.39 is 47.6 Å². The largest absolute Gasteiger partial charge is 0.374 e. The highest BCUT2D eigenvalue weighted by molar-refractivity contribution is 5.62. The Bertz CT molecular complexity index is 2470. The van der Waals surface area contributed by atoms with Crippen molar-refractivity contribution < 1.29 is 36.9 Å². The van der Waals surface area contributed by atoms with Gasteiger partial charge in [0, 0.05) is 24.8 Å². The molecule has 0 radical (unpaired) electrons. The van der Waals surface area contributed by atoms with Gasteiger partial charge in [0.15, 0.2) is 17.5 Å². The minimum atomic E-state index is -1.54. The van der Waals surface area contributed by atoms with Crippen LogP contribution in [0.5, 0.6) is 0 Å². The average Bonchev–Trinajstić information content (AvgIpc) is 4.00. The third kappa shape index (κ3) is 9.90. The van der Waals surface area contributed by atoms with Gasteiger partial charge in [-0.15, -0.1) is 0 Å². The van der Waals surface area contributed by atoms with E-state index in [1.54, 1.807) is 10.9 Å². The van der Waals surface area contributed by atoms with E-state index in [2.05, 4.69) is 29.2 Å². The summed E-state index contributed by atoms with van der Waals surface area (Å²) in [5.41, 5.74) is 5.62. The van der Waals surface area contributed by atoms with Crippen LogP contribution < -0.4 is 0 Å². The van der Waals surface area contributed by atoms with Gasteiger partial charge in [-0.25, -0.2) is 13.2 Å². The molecule has 7 aromatic rings. The maximum atomic E-state index is 14.7. The molecule has 2 aliphatic heterocycles. The molecule has 2 saturated heterocycles. The minimum absolute atomic E-state index is 0.119. The summed E-state index contributed by atoms with van der Waals surface area (Å²) >= 11 is 0. The standard InChI is InChI=1S/C53H50F3N3O5/c54-45-28-43(29-46(55)49(45)56)44-30-57-59(33-44)50-51(61-35-41-22-12-4-13-23-41)47(37-60-34-40-20-10-3-11-21-40)64-53(52(50)62-36-42-24-14-5-15-25-42)48(26-27-63-53)58(31-38-16-6-1-7-17-38)32-39-18-8-2-9-19-39/h1-25,28-30,33,47-48,50-52H,26-27,31-32,34-37H2/t47-,48-,50+,51+,52-,53+/m1/s1. The highest BCUT2D eigenvalue weighted by Gasteiger charge is 2.64. The van der Waals surface area contributed by atoms with Crippen LogP contribution in [-0.4, -0.2) is 58.0 Å². The molecule has 64 heavy (non-hydrogen) atoms. The van der Waals surface area contributed by atoms with Crippen molar-refractivity contribution >= 4 is 0 Å². The van der Waals surface area contributed by atoms with Gasteiger partial charge in [0.2, 0.25) is 5.79 Å². The molecule has 3 heterocycles. The van der Waals surface area contributed by atoms with Crippen molar-refractivity contribution in [1.29, 1.82) is 0 Å². The molecule has 328 valence electrons. The lowest BCUT2D eigenvalue weighted by Crippen LogP contribution is -2.69. The van der Waals surface area contributed by atoms with Gasteiger partial charge in [-0.2, -0.15) is 5.10 Å². The predicted molar refractivity (Wildman–Crippen MR) is 237 cm³/mol. The second kappa shape index (κ2) is 20.3. The summed E-state index contributed by atoms with van der Waals surface area (Å²) in [7, 11) is 0. The van der Waals surface area contributed by atoms with Crippen LogP contribution in [0.2, 0.25) is 0 Å². The molecular weight excluding hydrogens is 816 g/mol. The summed E-state index contributed by atoms with van der Waals surface area (Å²) in [6.07, 6.45) is 1.45. The molecule has 11 heteroatoms. The van der Waals surface area contributed by atoms with Crippen molar-refractivity contribution in [1.82, 2.24) is 14.7 Å². The van der Waals surface area contributed by atoms with Crippen LogP contribution in [0, 0.1) is 17.5 Å². The Kier molecular flexibility index (Phi) is 13.7. The Balaban J connectivity index is 1.19. The van der Waals surface area contributed by atoms with Gasteiger partial charge in [0.1, 0.15) is 24.4 Å². The maximum Gasteiger partial charge on any atom is 0.213 e. The highest BCUT2D eigenvalue weighted by atomic mass is 19.2. The first-order valence-corrected chi connectivity index (χ1v) is 21.7. The summed E-state index contributed by atoms with van der Waals surface area (Å²) in [4.78, 5) is 2.40. The lowest BCUT2D eigenvalue weighted by molar-refractivity contribution is -0.368. The lowest BCUT2D eigenvalue weighted by Gasteiger charge is -2.54. The highest BCUT2D eigenvalue weighted by Crippen LogP contribution is 2.49. The van der Waals surface area contributed by atoms with Gasteiger partial charge in [-0.3, -0.25) is 9.58 Å². The van der Waals surface area contributed by atoms with Gasteiger partial charge in [0.05, 0.1) is 45.3 Å². The molecule has 2 fully saturated rings. The molecule has 6 aromatic carbocycles. The molecule has 0 amide bonds. The van der Waals surface area contributed by atoms with Crippen LogP contribution in [0.4, 0.5) is 13.2 Å². The van der Waals surface area contributed by atoms with E-state index in [9.17, 15) is 13.2 Å². The fraction of sp³-hybridized carbons (Fsp3) is 0.264. The number of hydrogen-bond acceptors (Lipinski definition) is 7. The Morgan fingerprint density at radius 2 is 1.12 bits per heavy atom. The molecule has 0 unspecified atom stereocenters. The number of rotatable bonds is 17. The number of halogens is 3. The topological polar surface area (TPSA) is 67.2 Å². The first-order chi connectivity index (χ1) is 31.4. The molecule has 0 N–H and O–H groups in total. The van der Waals surface area contributed by atoms with Crippen LogP contribution in [0.25, 0.3) is 11.1 Å². The van der Waals surface area contributed by atoms with Crippen LogP contribution >= 0.6 is 0 Å². The molecule has 8 nitrogen and oxygen atoms in total. The Morgan fingerprint density at radius 1 is 0.625 bits per heavy atom. The minimum Gasteiger partial charge on any atom is -0.374 e. The van der Waals surface area contributed by atoms with E-state index in [4.69, 9.17) is 28.8 Å². The average molecular weight is 866 g/mol. The third-order valence-corrected chi connectivity index (χ3v) is 12.0. The first-order valence-electron chi connectivity index (χ1n) is 21.7. The number of ether oxygens (including phenoxy) is 5. The van der Waals surface area contributed by atoms with Crippen LogP contribution in [0.1, 0.15) is 40.3 Å². The summed E-state index contributed by atoms with van der Waals surface area (Å²) in [6, 6.07) is 51.2. The fourth-order valence-electron chi connectivity index (χ4n) is 8.97. The molecule has 9 rings (SSSR count). The number of benzene rings is 6. The zero-order valence-corrected chi connectivity index (χ0v) is 35.3. The molecule has 1 spiro atoms. The number of nitrogens with zero attached hydrogens (tertiary/aromatic N) is 3. The fourth-order valence-corrected chi connectivity index (χ4v) is 8.97. The van der Waals surface area contributed by atoms with Crippen LogP contribution in [0.3, 0.4) is 0 Å². The predicted octanol–water partition coefficient (Wildman–Crippen LogP) is 10.5. The van der Waals surface area contributed by atoms with Gasteiger partial charge in [-0.05, 0) is 51.9 Å². The molecule has 1 aromatic heterocycles. The normalized spacial score (nSPS) is 22.0. The number of aromatic nitrogens is 2. The first kappa shape index (κ1) is 43.3. The molecule has 0 aliphatic carbocycles. The molecule has 0 bridgehead atoms. The van der Waals surface area contributed by atoms with Crippen molar-refractivity contribution in [2.75, 3.05) is 13.2 Å². The molecular formula is C53H50F3N3O5. The van der Waals surface area contributed by atoms with Crippen molar-refractivity contribution in [3.63, 3.8) is 0 Å². The van der Waals surface area contributed by atoms with Gasteiger partial charge >= 0.3 is 0 Å². The third-order valence-electron chi connectivity index (χ3n) is 12.0. The van der Waals surface area contributed by atoms with E-state index in [-0.39, 0.29) is 31.4 Å². The van der Waals surface area contributed by atoms with Gasteiger partial charge < -0.3 is 23.7 Å². The second-order valence-electron chi connectivity index (χ2n) is 16.3. The van der Waals surface area contributed by atoms with E-state index in [1.165, 1.54) is 6.20 Å². The number of hydrogen-bond donors (Lipinski definition) is 0. The Hall–Kier alpha value is -5.92. The van der Waals surface area contributed by atoms with Gasteiger partial charge in [-0.1, -0.05) is 152 Å². The Labute approximate surface area is 371 Å². The summed E-state index contributed by atoms with van der Waals surface area (Å²) < 4.78 is 80.7. The molecule has 6 atom stereocenters. The van der Waals surface area contributed by atoms with E-state index >= 15 is 0 Å². The van der Waals surface area contributed by atoms with Gasteiger partial charge in [0.25, 0.3) is 0 Å². The van der Waals surface area contributed by atoms with Crippen molar-refractivity contribution in [2.45, 2.75) is 75.5 Å². The smallest absolute Gasteiger partial charge is 0.213 e. The summed E-state index contributed by atoms with van der Waals surface area (Å²) in [6.45, 7) is 2.40. The summed E-state index contributed by atoms with van der Waals surface area (Å²) in [5.74, 6) is -5.55. The van der Waals surface area contributed by atoms with Crippen molar-refractivity contribution in [3.05, 3.63) is 221 Å². The van der Waals surface area contributed by atoms with Crippen molar-refractivity contribution in [3.8, 4) is 11.1 Å². The lowest BCUT2D eigenvalue weighted by atomic mass is 9.84. The summed E-state index contributed by atoms with van der Waals surface area (Å²) in [5, 5.41) is 4.88. The maximum absolute atomic E-state index is 14.7.